The van der Waals surface area contributed by atoms with Crippen LogP contribution in [0.4, 0.5) is 11.4 Å². The summed E-state index contributed by atoms with van der Waals surface area (Å²) >= 11 is 13.1. The second-order valence-corrected chi connectivity index (χ2v) is 22.3. The van der Waals surface area contributed by atoms with Crippen molar-refractivity contribution in [1.82, 2.24) is 0 Å². The molecule has 0 radical (unpaired) electrons. The monoisotopic (exact) mass is 1240 g/mol. The van der Waals surface area contributed by atoms with Crippen molar-refractivity contribution in [3.63, 3.8) is 0 Å². The van der Waals surface area contributed by atoms with Crippen LogP contribution in [0.15, 0.2) is 198 Å². The Balaban J connectivity index is 0.000000151. The number of amides is 2. The van der Waals surface area contributed by atoms with E-state index in [0.717, 1.165) is 37.9 Å². The molecular weight excluding hydrogens is 1200 g/mol. The summed E-state index contributed by atoms with van der Waals surface area (Å²) in [6.07, 6.45) is 1.37. The number of thiophene rings is 3. The number of carboxylic acids is 3. The SMILES string of the molecule is Cc1ccc(-c2scc(NC(=O)c3cc(-c4ccccc4)oc3C)c2C(=O)O)cc1.Cc1oc(-c2ccccc2)cc1C(=O)Cc1csc(-c2ccc(Cl)cc2)c1C(=O)O.O=C(Nc1csc(-c2ccc(Br)cc2)c1C(=O)O)c1ccco1. The molecule has 83 heavy (non-hydrogen) atoms. The van der Waals surface area contributed by atoms with Crippen molar-refractivity contribution in [2.45, 2.75) is 27.2 Å². The Morgan fingerprint density at radius 1 is 0.506 bits per heavy atom. The molecule has 5 N–H and O–H groups in total. The Labute approximate surface area is 500 Å². The third-order valence-electron chi connectivity index (χ3n) is 12.7. The van der Waals surface area contributed by atoms with Crippen molar-refractivity contribution >= 4 is 108 Å². The number of carbonyl (C=O) groups excluding carboxylic acids is 3. The average molecular weight is 1250 g/mol. The van der Waals surface area contributed by atoms with E-state index < -0.39 is 29.7 Å². The lowest BCUT2D eigenvalue weighted by molar-refractivity contribution is 0.0686. The first-order valence-electron chi connectivity index (χ1n) is 25.1. The van der Waals surface area contributed by atoms with Gasteiger partial charge < -0.3 is 39.2 Å². The van der Waals surface area contributed by atoms with Crippen LogP contribution in [0.2, 0.25) is 5.02 Å². The van der Waals surface area contributed by atoms with Gasteiger partial charge in [0.25, 0.3) is 11.8 Å². The summed E-state index contributed by atoms with van der Waals surface area (Å²) in [6, 6.07) is 47.4. The maximum absolute atomic E-state index is 13.0. The number of carbonyl (C=O) groups is 6. The average Bonchev–Trinajstić information content (AvgIpc) is 4.14. The summed E-state index contributed by atoms with van der Waals surface area (Å²) in [7, 11) is 0. The van der Waals surface area contributed by atoms with Gasteiger partial charge in [0.05, 0.1) is 44.1 Å². The first-order valence-corrected chi connectivity index (χ1v) is 28.9. The molecule has 0 unspecified atom stereocenters. The largest absolute Gasteiger partial charge is 0.478 e. The zero-order valence-corrected chi connectivity index (χ0v) is 48.8. The Kier molecular flexibility index (Phi) is 18.4. The Morgan fingerprint density at radius 3 is 1.45 bits per heavy atom. The number of rotatable bonds is 15. The molecule has 5 aromatic carbocycles. The number of furan rings is 3. The number of hydrogen-bond donors (Lipinski definition) is 5. The highest BCUT2D eigenvalue weighted by atomic mass is 79.9. The van der Waals surface area contributed by atoms with Crippen molar-refractivity contribution < 1.29 is 57.3 Å². The van der Waals surface area contributed by atoms with Crippen LogP contribution in [0, 0.1) is 20.8 Å². The molecule has 0 fully saturated rings. The molecule has 11 rings (SSSR count). The maximum atomic E-state index is 13.0. The van der Waals surface area contributed by atoms with Gasteiger partial charge in [-0.2, -0.15) is 0 Å². The van der Waals surface area contributed by atoms with E-state index >= 15 is 0 Å². The molecule has 0 bridgehead atoms. The summed E-state index contributed by atoms with van der Waals surface area (Å²) < 4.78 is 17.4. The van der Waals surface area contributed by atoms with Gasteiger partial charge in [0.2, 0.25) is 0 Å². The molecule has 2 amide bonds. The summed E-state index contributed by atoms with van der Waals surface area (Å²) in [5.41, 5.74) is 7.31. The van der Waals surface area contributed by atoms with E-state index in [9.17, 15) is 44.1 Å². The summed E-state index contributed by atoms with van der Waals surface area (Å²) in [5.74, 6) is -2.01. The van der Waals surface area contributed by atoms with Gasteiger partial charge in [-0.05, 0) is 96.9 Å². The van der Waals surface area contributed by atoms with E-state index in [2.05, 4.69) is 26.6 Å². The van der Waals surface area contributed by atoms with Gasteiger partial charge in [-0.15, -0.1) is 34.0 Å². The Hall–Kier alpha value is -9.17. The number of nitrogens with one attached hydrogen (secondary N) is 2. The highest BCUT2D eigenvalue weighted by Gasteiger charge is 2.27. The van der Waals surface area contributed by atoms with E-state index in [4.69, 9.17) is 24.9 Å². The van der Waals surface area contributed by atoms with Crippen molar-refractivity contribution in [2.24, 2.45) is 0 Å². The van der Waals surface area contributed by atoms with Gasteiger partial charge in [0.15, 0.2) is 11.5 Å². The molecule has 6 heterocycles. The maximum Gasteiger partial charge on any atom is 0.339 e. The van der Waals surface area contributed by atoms with Crippen LogP contribution in [-0.4, -0.2) is 50.8 Å². The van der Waals surface area contributed by atoms with Crippen LogP contribution >= 0.6 is 61.5 Å². The van der Waals surface area contributed by atoms with Gasteiger partial charge in [-0.3, -0.25) is 14.4 Å². The van der Waals surface area contributed by atoms with Crippen molar-refractivity contribution in [1.29, 1.82) is 0 Å². The van der Waals surface area contributed by atoms with Gasteiger partial charge in [0.1, 0.15) is 34.2 Å². The molecule has 0 aliphatic carbocycles. The lowest BCUT2D eigenvalue weighted by Crippen LogP contribution is -2.14. The molecule has 0 aliphatic rings. The molecule has 11 aromatic rings. The second-order valence-electron chi connectivity index (χ2n) is 18.3. The highest BCUT2D eigenvalue weighted by molar-refractivity contribution is 9.10. The molecule has 0 atom stereocenters. The van der Waals surface area contributed by atoms with Gasteiger partial charge in [-0.25, -0.2) is 14.4 Å². The number of hydrogen-bond acceptors (Lipinski definition) is 12. The van der Waals surface area contributed by atoms with Crippen LogP contribution in [0.25, 0.3) is 54.0 Å². The second kappa shape index (κ2) is 26.2. The Morgan fingerprint density at radius 2 is 0.952 bits per heavy atom. The molecule has 0 saturated heterocycles. The summed E-state index contributed by atoms with van der Waals surface area (Å²) in [5, 5.41) is 40.0. The van der Waals surface area contributed by atoms with Crippen LogP contribution in [-0.2, 0) is 6.42 Å². The fourth-order valence-corrected chi connectivity index (χ4v) is 12.1. The number of carboxylic acid groups (broad SMARTS) is 3. The number of aryl methyl sites for hydroxylation is 3. The Bertz CT molecular complexity index is 3950. The molecule has 0 saturated carbocycles. The van der Waals surface area contributed by atoms with Gasteiger partial charge in [-0.1, -0.05) is 142 Å². The van der Waals surface area contributed by atoms with Crippen LogP contribution in [0.5, 0.6) is 0 Å². The standard InChI is InChI=1S/C24H17ClO4S.C24H19NO4S.C16H10BrNO4S/c1-14-19(12-21(29-14)15-5-3-2-4-6-15)20(26)11-17-13-30-23(22(17)24(27)28)16-7-9-18(25)10-8-16;1-14-8-10-17(11-9-14)22-21(24(27)28)19(13-30-22)25-23(26)18-12-20(29-15(18)2)16-6-4-3-5-7-16;17-10-5-3-9(4-6-10)14-13(16(20)21)11(8-23-14)18-15(19)12-2-1-7-22-12/h2-10,12-13H,11H2,1H3,(H,27,28);3-13H,1-2H3,(H,25,26)(H,27,28);1-8H,(H,18,19)(H,20,21). The minimum atomic E-state index is -1.10. The normalized spacial score (nSPS) is 10.7. The van der Waals surface area contributed by atoms with E-state index in [1.165, 1.54) is 46.3 Å². The van der Waals surface area contributed by atoms with E-state index in [0.29, 0.717) is 59.4 Å². The van der Waals surface area contributed by atoms with E-state index in [1.54, 1.807) is 72.5 Å². The van der Waals surface area contributed by atoms with Crippen LogP contribution < -0.4 is 10.6 Å². The number of anilines is 2. The molecule has 14 nitrogen and oxygen atoms in total. The molecule has 6 aromatic heterocycles. The third-order valence-corrected chi connectivity index (χ3v) is 16.6. The van der Waals surface area contributed by atoms with Gasteiger partial charge >= 0.3 is 17.9 Å². The van der Waals surface area contributed by atoms with E-state index in [-0.39, 0.29) is 46.0 Å². The predicted octanol–water partition coefficient (Wildman–Crippen LogP) is 17.7. The van der Waals surface area contributed by atoms with E-state index in [1.807, 2.05) is 116 Å². The molecular formula is C64H46BrClN2O12S3. The van der Waals surface area contributed by atoms with Crippen molar-refractivity contribution in [2.75, 3.05) is 10.6 Å². The number of ketones is 1. The molecule has 0 aliphatic heterocycles. The number of halogens is 2. The quantitative estimate of drug-likeness (QED) is 0.0604. The highest BCUT2D eigenvalue weighted by Crippen LogP contribution is 2.40. The van der Waals surface area contributed by atoms with Crippen molar-refractivity contribution in [3.8, 4) is 54.0 Å². The first-order chi connectivity index (χ1) is 39.9. The lowest BCUT2D eigenvalue weighted by atomic mass is 9.99. The summed E-state index contributed by atoms with van der Waals surface area (Å²) in [4.78, 5) is 75.3. The molecule has 0 spiro atoms. The first kappa shape index (κ1) is 58.5. The zero-order chi connectivity index (χ0) is 58.9. The van der Waals surface area contributed by atoms with Crippen LogP contribution in [0.1, 0.15) is 85.0 Å². The minimum Gasteiger partial charge on any atom is -0.478 e. The lowest BCUT2D eigenvalue weighted by Gasteiger charge is -2.06. The fourth-order valence-electron chi connectivity index (χ4n) is 8.63. The third kappa shape index (κ3) is 13.8. The fraction of sp³-hybridized carbons (Fsp3) is 0.0625. The van der Waals surface area contributed by atoms with Crippen molar-refractivity contribution in [3.05, 3.63) is 246 Å². The van der Waals surface area contributed by atoms with Crippen LogP contribution in [0.3, 0.4) is 0 Å². The number of benzene rings is 5. The predicted molar refractivity (Wildman–Crippen MR) is 328 cm³/mol. The summed E-state index contributed by atoms with van der Waals surface area (Å²) in [6.45, 7) is 5.42. The molecule has 416 valence electrons. The topological polar surface area (TPSA) is 227 Å². The minimum absolute atomic E-state index is 0.0136. The number of aromatic carboxylic acids is 3. The number of Topliss-reactive ketones (excluding diaryl/α,β-unsaturated/α-hetero) is 1. The zero-order valence-electron chi connectivity index (χ0n) is 44.0. The molecule has 19 heteroatoms. The van der Waals surface area contributed by atoms with Gasteiger partial charge in [0, 0.05) is 42.7 Å². The smallest absolute Gasteiger partial charge is 0.339 e.